The monoisotopic (exact) mass is 357 g/mol. The first-order chi connectivity index (χ1) is 12.0. The summed E-state index contributed by atoms with van der Waals surface area (Å²) in [6.45, 7) is 5.03. The van der Waals surface area contributed by atoms with Gasteiger partial charge in [-0.15, -0.1) is 0 Å². The first kappa shape index (κ1) is 17.4. The highest BCUT2D eigenvalue weighted by atomic mass is 35.5. The SMILES string of the molecule is CC(C)CN(C(=O)/C=C/c1ccc2c(c1)OCO2)c1ccc(Cl)cc1. The minimum absolute atomic E-state index is 0.0753. The van der Waals surface area contributed by atoms with Gasteiger partial charge >= 0.3 is 0 Å². The summed E-state index contributed by atoms with van der Waals surface area (Å²) < 4.78 is 10.7. The Morgan fingerprint density at radius 1 is 1.16 bits per heavy atom. The van der Waals surface area contributed by atoms with E-state index in [0.29, 0.717) is 23.2 Å². The highest BCUT2D eigenvalue weighted by molar-refractivity contribution is 6.30. The molecule has 2 aromatic rings. The van der Waals surface area contributed by atoms with Crippen molar-refractivity contribution in [3.63, 3.8) is 0 Å². The van der Waals surface area contributed by atoms with Gasteiger partial charge in [-0.25, -0.2) is 0 Å². The second-order valence-electron chi connectivity index (χ2n) is 6.27. The van der Waals surface area contributed by atoms with Crippen LogP contribution in [0.2, 0.25) is 5.02 Å². The lowest BCUT2D eigenvalue weighted by molar-refractivity contribution is -0.114. The van der Waals surface area contributed by atoms with Gasteiger partial charge in [-0.1, -0.05) is 31.5 Å². The third-order valence-corrected chi connectivity index (χ3v) is 4.02. The first-order valence-corrected chi connectivity index (χ1v) is 8.55. The summed E-state index contributed by atoms with van der Waals surface area (Å²) in [6.07, 6.45) is 3.36. The topological polar surface area (TPSA) is 38.8 Å². The number of ether oxygens (including phenoxy) is 2. The minimum atomic E-state index is -0.0753. The molecule has 0 atom stereocenters. The second-order valence-corrected chi connectivity index (χ2v) is 6.70. The molecular weight excluding hydrogens is 338 g/mol. The molecule has 0 spiro atoms. The molecule has 0 unspecified atom stereocenters. The minimum Gasteiger partial charge on any atom is -0.454 e. The number of hydrogen-bond acceptors (Lipinski definition) is 3. The van der Waals surface area contributed by atoms with E-state index in [1.54, 1.807) is 29.2 Å². The smallest absolute Gasteiger partial charge is 0.250 e. The van der Waals surface area contributed by atoms with Crippen molar-refractivity contribution in [2.75, 3.05) is 18.2 Å². The Balaban J connectivity index is 1.78. The number of hydrogen-bond donors (Lipinski definition) is 0. The predicted octanol–water partition coefficient (Wildman–Crippen LogP) is 4.77. The molecule has 1 heterocycles. The molecule has 1 amide bonds. The summed E-state index contributed by atoms with van der Waals surface area (Å²) in [7, 11) is 0. The molecule has 2 aromatic carbocycles. The highest BCUT2D eigenvalue weighted by Crippen LogP contribution is 2.32. The lowest BCUT2D eigenvalue weighted by Crippen LogP contribution is -2.32. The average molecular weight is 358 g/mol. The van der Waals surface area contributed by atoms with Crippen LogP contribution in [-0.4, -0.2) is 19.2 Å². The molecule has 3 rings (SSSR count). The van der Waals surface area contributed by atoms with Crippen LogP contribution in [0.25, 0.3) is 6.08 Å². The van der Waals surface area contributed by atoms with Gasteiger partial charge in [0.2, 0.25) is 6.79 Å². The Hall–Kier alpha value is -2.46. The lowest BCUT2D eigenvalue weighted by Gasteiger charge is -2.23. The van der Waals surface area contributed by atoms with E-state index in [1.807, 2.05) is 30.3 Å². The first-order valence-electron chi connectivity index (χ1n) is 8.18. The molecule has 0 bridgehead atoms. The van der Waals surface area contributed by atoms with Crippen molar-refractivity contribution in [1.82, 2.24) is 0 Å². The Labute approximate surface area is 152 Å². The summed E-state index contributed by atoms with van der Waals surface area (Å²) in [5.41, 5.74) is 1.72. The van der Waals surface area contributed by atoms with Gasteiger partial charge in [0, 0.05) is 23.3 Å². The molecule has 0 saturated carbocycles. The normalized spacial score (nSPS) is 12.8. The van der Waals surface area contributed by atoms with Crippen molar-refractivity contribution >= 4 is 29.3 Å². The zero-order valence-electron chi connectivity index (χ0n) is 14.2. The van der Waals surface area contributed by atoms with Crippen LogP contribution in [-0.2, 0) is 4.79 Å². The maximum atomic E-state index is 12.7. The third kappa shape index (κ3) is 4.34. The van der Waals surface area contributed by atoms with Crippen LogP contribution in [0.3, 0.4) is 0 Å². The van der Waals surface area contributed by atoms with Crippen molar-refractivity contribution in [1.29, 1.82) is 0 Å². The molecule has 1 aliphatic rings. The fraction of sp³-hybridized carbons (Fsp3) is 0.250. The van der Waals surface area contributed by atoms with Crippen LogP contribution in [0.5, 0.6) is 11.5 Å². The molecule has 130 valence electrons. The molecule has 0 fully saturated rings. The van der Waals surface area contributed by atoms with Crippen molar-refractivity contribution < 1.29 is 14.3 Å². The van der Waals surface area contributed by atoms with E-state index in [4.69, 9.17) is 21.1 Å². The summed E-state index contributed by atoms with van der Waals surface area (Å²) >= 11 is 5.95. The van der Waals surface area contributed by atoms with Crippen molar-refractivity contribution in [2.45, 2.75) is 13.8 Å². The van der Waals surface area contributed by atoms with Gasteiger partial charge in [0.1, 0.15) is 0 Å². The second kappa shape index (κ2) is 7.62. The number of rotatable bonds is 5. The largest absolute Gasteiger partial charge is 0.454 e. The van der Waals surface area contributed by atoms with Gasteiger partial charge in [-0.05, 0) is 54.0 Å². The number of carbonyl (C=O) groups is 1. The zero-order valence-corrected chi connectivity index (χ0v) is 15.0. The number of halogens is 1. The molecule has 1 aliphatic heterocycles. The Morgan fingerprint density at radius 3 is 2.60 bits per heavy atom. The summed E-state index contributed by atoms with van der Waals surface area (Å²) in [5, 5.41) is 0.650. The van der Waals surface area contributed by atoms with Crippen LogP contribution in [0, 0.1) is 5.92 Å². The van der Waals surface area contributed by atoms with Crippen LogP contribution in [0.4, 0.5) is 5.69 Å². The molecular formula is C20H20ClNO3. The predicted molar refractivity (Wildman–Crippen MR) is 100 cm³/mol. The zero-order chi connectivity index (χ0) is 17.8. The molecule has 0 aromatic heterocycles. The fourth-order valence-corrected chi connectivity index (χ4v) is 2.71. The van der Waals surface area contributed by atoms with Crippen LogP contribution < -0.4 is 14.4 Å². The maximum Gasteiger partial charge on any atom is 0.250 e. The number of nitrogens with zero attached hydrogens (tertiary/aromatic N) is 1. The molecule has 0 aliphatic carbocycles. The van der Waals surface area contributed by atoms with Crippen molar-refractivity contribution in [3.8, 4) is 11.5 Å². The van der Waals surface area contributed by atoms with Gasteiger partial charge in [-0.3, -0.25) is 4.79 Å². The molecule has 5 heteroatoms. The van der Waals surface area contributed by atoms with Crippen LogP contribution in [0.1, 0.15) is 19.4 Å². The van der Waals surface area contributed by atoms with E-state index in [0.717, 1.165) is 17.0 Å². The van der Waals surface area contributed by atoms with E-state index < -0.39 is 0 Å². The van der Waals surface area contributed by atoms with Gasteiger partial charge in [-0.2, -0.15) is 0 Å². The van der Waals surface area contributed by atoms with E-state index in [9.17, 15) is 4.79 Å². The number of benzene rings is 2. The quantitative estimate of drug-likeness (QED) is 0.723. The van der Waals surface area contributed by atoms with E-state index >= 15 is 0 Å². The number of carbonyl (C=O) groups excluding carboxylic acids is 1. The van der Waals surface area contributed by atoms with Crippen molar-refractivity contribution in [3.05, 3.63) is 59.1 Å². The molecule has 25 heavy (non-hydrogen) atoms. The Bertz CT molecular complexity index is 784. The Morgan fingerprint density at radius 2 is 1.88 bits per heavy atom. The summed E-state index contributed by atoms with van der Waals surface area (Å²) in [6, 6.07) is 12.9. The van der Waals surface area contributed by atoms with E-state index in [-0.39, 0.29) is 12.7 Å². The molecule has 4 nitrogen and oxygen atoms in total. The van der Waals surface area contributed by atoms with Crippen LogP contribution >= 0.6 is 11.6 Å². The van der Waals surface area contributed by atoms with Gasteiger partial charge in [0.15, 0.2) is 11.5 Å². The van der Waals surface area contributed by atoms with Gasteiger partial charge in [0.05, 0.1) is 0 Å². The molecule has 0 saturated heterocycles. The summed E-state index contributed by atoms with van der Waals surface area (Å²) in [4.78, 5) is 14.5. The number of fused-ring (bicyclic) bond motifs is 1. The average Bonchev–Trinajstić information content (AvgIpc) is 3.06. The third-order valence-electron chi connectivity index (χ3n) is 3.77. The highest BCUT2D eigenvalue weighted by Gasteiger charge is 2.16. The lowest BCUT2D eigenvalue weighted by atomic mass is 10.1. The Kier molecular flexibility index (Phi) is 5.29. The molecule has 0 radical (unpaired) electrons. The van der Waals surface area contributed by atoms with E-state index in [1.165, 1.54) is 0 Å². The van der Waals surface area contributed by atoms with Crippen molar-refractivity contribution in [2.24, 2.45) is 5.92 Å². The van der Waals surface area contributed by atoms with Crippen LogP contribution in [0.15, 0.2) is 48.5 Å². The molecule has 0 N–H and O–H groups in total. The van der Waals surface area contributed by atoms with E-state index in [2.05, 4.69) is 13.8 Å². The van der Waals surface area contributed by atoms with Gasteiger partial charge < -0.3 is 14.4 Å². The van der Waals surface area contributed by atoms with Gasteiger partial charge in [0.25, 0.3) is 5.91 Å². The maximum absolute atomic E-state index is 12.7. The number of amides is 1. The standard InChI is InChI=1S/C20H20ClNO3/c1-14(2)12-22(17-7-5-16(21)6-8-17)20(23)10-4-15-3-9-18-19(11-15)25-13-24-18/h3-11,14H,12-13H2,1-2H3/b10-4+. The fourth-order valence-electron chi connectivity index (χ4n) is 2.58. The number of anilines is 1. The summed E-state index contributed by atoms with van der Waals surface area (Å²) in [5.74, 6) is 1.70.